The van der Waals surface area contributed by atoms with Crippen LogP contribution in [0, 0.1) is 5.41 Å². The van der Waals surface area contributed by atoms with Gasteiger partial charge in [-0.3, -0.25) is 0 Å². The second-order valence-electron chi connectivity index (χ2n) is 12.0. The quantitative estimate of drug-likeness (QED) is 0.127. The number of nitrogens with two attached hydrogens (primary N) is 2. The number of benzene rings is 2. The first kappa shape index (κ1) is 33.5. The van der Waals surface area contributed by atoms with Crippen LogP contribution in [0.1, 0.15) is 110 Å². The fourth-order valence-electron chi connectivity index (χ4n) is 5.46. The number of guanidine groups is 1. The zero-order valence-electron chi connectivity index (χ0n) is 25.2. The van der Waals surface area contributed by atoms with Gasteiger partial charge in [-0.15, -0.1) is 0 Å². The molecule has 0 aliphatic heterocycles. The predicted octanol–water partition coefficient (Wildman–Crippen LogP) is 8.74. The molecule has 0 heterocycles. The molecule has 3 nitrogen and oxygen atoms in total. The van der Waals surface area contributed by atoms with Crippen LogP contribution in [0.2, 0.25) is 13.3 Å². The Morgan fingerprint density at radius 1 is 0.811 bits per heavy atom. The molecule has 0 spiro atoms. The predicted molar refractivity (Wildman–Crippen MR) is 169 cm³/mol. The molecule has 0 fully saturated rings. The Morgan fingerprint density at radius 2 is 1.43 bits per heavy atom. The third-order valence-electron chi connectivity index (χ3n) is 7.35. The second-order valence-corrected chi connectivity index (χ2v) is 25.2. The summed E-state index contributed by atoms with van der Waals surface area (Å²) in [6, 6.07) is 20.1. The summed E-state index contributed by atoms with van der Waals surface area (Å²) in [5, 5.41) is 0. The average molecular weight is 615 g/mol. The number of hydrogen-bond donors (Lipinski definition) is 2. The Balaban J connectivity index is 0.000000417. The molecule has 0 bridgehead atoms. The van der Waals surface area contributed by atoms with Crippen LogP contribution in [-0.4, -0.2) is 24.3 Å². The summed E-state index contributed by atoms with van der Waals surface area (Å²) < 4.78 is 6.14. The van der Waals surface area contributed by atoms with E-state index in [1.807, 2.05) is 0 Å². The zero-order chi connectivity index (χ0) is 27.7. The van der Waals surface area contributed by atoms with Crippen molar-refractivity contribution in [2.75, 3.05) is 0 Å². The van der Waals surface area contributed by atoms with E-state index in [1.165, 1.54) is 69.4 Å². The van der Waals surface area contributed by atoms with Crippen molar-refractivity contribution in [3.05, 3.63) is 65.7 Å². The second kappa shape index (κ2) is 17.9. The van der Waals surface area contributed by atoms with E-state index < -0.39 is 18.4 Å². The number of nitrogens with zero attached hydrogens (tertiary/aromatic N) is 1. The van der Waals surface area contributed by atoms with Crippen LogP contribution in [0.4, 0.5) is 0 Å². The van der Waals surface area contributed by atoms with Gasteiger partial charge in [0.15, 0.2) is 0 Å². The summed E-state index contributed by atoms with van der Waals surface area (Å²) in [6.45, 7) is 16.8. The fraction of sp³-hybridized carbons (Fsp3) is 0.606. The Labute approximate surface area is 233 Å². The van der Waals surface area contributed by atoms with E-state index >= 15 is 0 Å². The maximum atomic E-state index is 5.48. The summed E-state index contributed by atoms with van der Waals surface area (Å²) in [5.41, 5.74) is 14.1. The molecule has 208 valence electrons. The summed E-state index contributed by atoms with van der Waals surface area (Å²) >= 11 is -2.30. The number of unbranched alkanes of at least 4 members (excludes halogenated alkanes) is 2. The molecule has 4 N–H and O–H groups in total. The van der Waals surface area contributed by atoms with Crippen LogP contribution in [0.25, 0.3) is 0 Å². The zero-order valence-corrected chi connectivity index (χ0v) is 28.0. The van der Waals surface area contributed by atoms with Crippen molar-refractivity contribution in [3.63, 3.8) is 0 Å². The van der Waals surface area contributed by atoms with E-state index in [9.17, 15) is 0 Å². The average Bonchev–Trinajstić information content (AvgIpc) is 2.88. The van der Waals surface area contributed by atoms with Crippen molar-refractivity contribution < 1.29 is 0 Å². The standard InChI is InChI=1S/C14H22.C8H10N3.2C4H9.C3H7.Sn/c1-5-12(11-14(2,3)4)13-9-7-6-8-10-13;9-8(10)11-6-7-4-2-1-3-5-7;2*1-3-4-2;1-3-2;/h6-10,12H,5,11H2,1-4H3;1-2,4-5H,6H2,(H4,9,10,11);2*1,3-4H2,2H3;1,3H2,2H3;. The monoisotopic (exact) mass is 615 g/mol. The summed E-state index contributed by atoms with van der Waals surface area (Å²) in [4.78, 5) is 4.18. The van der Waals surface area contributed by atoms with Gasteiger partial charge >= 0.3 is 147 Å². The third-order valence-corrected chi connectivity index (χ3v) is 23.4. The molecule has 0 aliphatic carbocycles. The first-order valence-electron chi connectivity index (χ1n) is 14.8. The van der Waals surface area contributed by atoms with E-state index in [1.54, 1.807) is 3.58 Å². The van der Waals surface area contributed by atoms with Gasteiger partial charge in [-0.05, 0) is 29.7 Å². The van der Waals surface area contributed by atoms with E-state index in [4.69, 9.17) is 11.5 Å². The topological polar surface area (TPSA) is 64.4 Å². The van der Waals surface area contributed by atoms with E-state index in [2.05, 4.69) is 108 Å². The van der Waals surface area contributed by atoms with Crippen molar-refractivity contribution in [3.8, 4) is 0 Å². The molecule has 2 aromatic rings. The van der Waals surface area contributed by atoms with Crippen molar-refractivity contribution in [2.45, 2.75) is 119 Å². The van der Waals surface area contributed by atoms with E-state index in [0.29, 0.717) is 12.0 Å². The first-order chi connectivity index (χ1) is 17.6. The Hall–Kier alpha value is -1.49. The molecule has 0 saturated heterocycles. The SMILES string of the molecule is CCC(CC(C)(C)C)c1ccccc1.CCC[CH2][Sn]([CH2]CC)([CH2]CCC)[c]1cccc(CN=C(N)N)c1. The molecule has 0 aromatic heterocycles. The molecule has 1 atom stereocenters. The molecule has 0 saturated carbocycles. The normalized spacial score (nSPS) is 12.4. The summed E-state index contributed by atoms with van der Waals surface area (Å²) in [5.74, 6) is 0.895. The summed E-state index contributed by atoms with van der Waals surface area (Å²) in [6.07, 6.45) is 9.22. The van der Waals surface area contributed by atoms with Crippen molar-refractivity contribution in [1.29, 1.82) is 0 Å². The Morgan fingerprint density at radius 3 is 1.92 bits per heavy atom. The van der Waals surface area contributed by atoms with Gasteiger partial charge in [0, 0.05) is 0 Å². The minimum absolute atomic E-state index is 0.177. The van der Waals surface area contributed by atoms with E-state index in [-0.39, 0.29) is 5.96 Å². The molecule has 2 aromatic carbocycles. The van der Waals surface area contributed by atoms with E-state index in [0.717, 1.165) is 5.92 Å². The van der Waals surface area contributed by atoms with Gasteiger partial charge in [-0.2, -0.15) is 0 Å². The van der Waals surface area contributed by atoms with Gasteiger partial charge in [0.2, 0.25) is 0 Å². The number of rotatable bonds is 14. The molecule has 0 radical (unpaired) electrons. The van der Waals surface area contributed by atoms with Gasteiger partial charge < -0.3 is 0 Å². The van der Waals surface area contributed by atoms with Crippen LogP contribution in [0.5, 0.6) is 0 Å². The van der Waals surface area contributed by atoms with Crippen molar-refractivity contribution in [1.82, 2.24) is 0 Å². The molecule has 0 amide bonds. The maximum absolute atomic E-state index is 5.48. The van der Waals surface area contributed by atoms with Crippen LogP contribution >= 0.6 is 0 Å². The molecule has 1 unspecified atom stereocenters. The van der Waals surface area contributed by atoms with Crippen molar-refractivity contribution in [2.24, 2.45) is 21.9 Å². The van der Waals surface area contributed by atoms with Crippen LogP contribution in [-0.2, 0) is 6.54 Å². The molecular weight excluding hydrogens is 557 g/mol. The first-order valence-corrected chi connectivity index (χ1v) is 22.3. The number of hydrogen-bond acceptors (Lipinski definition) is 1. The van der Waals surface area contributed by atoms with Gasteiger partial charge in [0.05, 0.1) is 0 Å². The van der Waals surface area contributed by atoms with Gasteiger partial charge in [-0.1, -0.05) is 58.0 Å². The number of aliphatic imine (C=N–C) groups is 1. The third kappa shape index (κ3) is 13.2. The Bertz CT molecular complexity index is 874. The van der Waals surface area contributed by atoms with Gasteiger partial charge in [0.1, 0.15) is 0 Å². The summed E-state index contributed by atoms with van der Waals surface area (Å²) in [7, 11) is 0. The van der Waals surface area contributed by atoms with Crippen LogP contribution < -0.4 is 15.0 Å². The van der Waals surface area contributed by atoms with Crippen LogP contribution in [0.3, 0.4) is 0 Å². The molecular formula is C33H57N3Sn. The fourth-order valence-corrected chi connectivity index (χ4v) is 21.4. The molecule has 0 aliphatic rings. The molecule has 4 heteroatoms. The Kier molecular flexibility index (Phi) is 16.2. The van der Waals surface area contributed by atoms with Gasteiger partial charge in [0.25, 0.3) is 0 Å². The van der Waals surface area contributed by atoms with Crippen LogP contribution in [0.15, 0.2) is 59.6 Å². The van der Waals surface area contributed by atoms with Gasteiger partial charge in [-0.25, -0.2) is 0 Å². The van der Waals surface area contributed by atoms with Crippen molar-refractivity contribution >= 4 is 27.9 Å². The minimum atomic E-state index is -2.30. The molecule has 37 heavy (non-hydrogen) atoms. The molecule has 2 rings (SSSR count).